The molecule has 3 aromatic rings. The van der Waals surface area contributed by atoms with Gasteiger partial charge in [0.05, 0.1) is 5.52 Å². The summed E-state index contributed by atoms with van der Waals surface area (Å²) in [4.78, 5) is 42.2. The average molecular weight is 428 g/mol. The van der Waals surface area contributed by atoms with Gasteiger partial charge in [-0.1, -0.05) is 32.4 Å². The summed E-state index contributed by atoms with van der Waals surface area (Å²) in [7, 11) is 0. The van der Waals surface area contributed by atoms with Gasteiger partial charge in [0.2, 0.25) is 0 Å². The lowest BCUT2D eigenvalue weighted by Gasteiger charge is -2.25. The predicted molar refractivity (Wildman–Crippen MR) is 120 cm³/mol. The molecule has 0 fully saturated rings. The molecular weight excluding hydrogens is 398 g/mol. The van der Waals surface area contributed by atoms with Gasteiger partial charge in [-0.25, -0.2) is 9.48 Å². The third-order valence-corrected chi connectivity index (χ3v) is 5.07. The third kappa shape index (κ3) is 4.37. The number of nitrogens with one attached hydrogen (secondary N) is 1. The topological polar surface area (TPSA) is 132 Å². The second-order valence-corrected chi connectivity index (χ2v) is 7.92. The van der Waals surface area contributed by atoms with Crippen LogP contribution in [-0.2, 0) is 13.1 Å². The van der Waals surface area contributed by atoms with E-state index in [1.165, 1.54) is 9.47 Å². The van der Waals surface area contributed by atoms with Crippen molar-refractivity contribution < 1.29 is 4.79 Å². The van der Waals surface area contributed by atoms with Crippen molar-refractivity contribution in [3.8, 4) is 0 Å². The van der Waals surface area contributed by atoms with Gasteiger partial charge in [-0.05, 0) is 37.5 Å². The maximum absolute atomic E-state index is 13.5. The number of nitrogen functional groups attached to an aromatic ring is 1. The minimum atomic E-state index is -0.676. The van der Waals surface area contributed by atoms with Crippen molar-refractivity contribution in [3.05, 3.63) is 44.6 Å². The fourth-order valence-corrected chi connectivity index (χ4v) is 3.51. The minimum absolute atomic E-state index is 0.00369. The molecule has 31 heavy (non-hydrogen) atoms. The van der Waals surface area contributed by atoms with Crippen LogP contribution in [0.25, 0.3) is 11.0 Å². The van der Waals surface area contributed by atoms with Gasteiger partial charge < -0.3 is 10.6 Å². The number of aromatic nitrogens is 5. The van der Waals surface area contributed by atoms with Gasteiger partial charge in [0.25, 0.3) is 11.5 Å². The Labute approximate surface area is 179 Å². The first-order valence-electron chi connectivity index (χ1n) is 10.6. The van der Waals surface area contributed by atoms with Crippen molar-refractivity contribution in [2.45, 2.75) is 53.6 Å². The number of hydrogen-bond donors (Lipinski definition) is 2. The Kier molecular flexibility index (Phi) is 6.57. The molecule has 0 bridgehead atoms. The number of aromatic amines is 1. The van der Waals surface area contributed by atoms with E-state index >= 15 is 0 Å². The fourth-order valence-electron chi connectivity index (χ4n) is 3.51. The van der Waals surface area contributed by atoms with Crippen molar-refractivity contribution >= 4 is 28.4 Å². The zero-order valence-corrected chi connectivity index (χ0v) is 18.4. The molecule has 3 N–H and O–H groups in total. The highest BCUT2D eigenvalue weighted by molar-refractivity contribution is 6.08. The molecule has 10 heteroatoms. The van der Waals surface area contributed by atoms with Gasteiger partial charge in [0.1, 0.15) is 11.3 Å². The molecule has 0 aliphatic carbocycles. The molecule has 3 rings (SSSR count). The number of aryl methyl sites for hydroxylation is 1. The van der Waals surface area contributed by atoms with Gasteiger partial charge in [0, 0.05) is 25.2 Å². The van der Waals surface area contributed by atoms with Crippen LogP contribution in [0.2, 0.25) is 0 Å². The van der Waals surface area contributed by atoms with E-state index in [2.05, 4.69) is 15.3 Å². The number of benzene rings is 1. The molecule has 0 atom stereocenters. The molecular formula is C21H29N7O3. The molecule has 0 aliphatic rings. The van der Waals surface area contributed by atoms with Crippen LogP contribution >= 0.6 is 0 Å². The Morgan fingerprint density at radius 2 is 2.00 bits per heavy atom. The number of unbranched alkanes of at least 4 members (excludes halogenated alkanes) is 1. The number of anilines is 2. The summed E-state index contributed by atoms with van der Waals surface area (Å²) in [5, 5.41) is 8.20. The SMILES string of the molecule is CCCCN(C(=O)c1ccc2c(c1)nnn2CC)c1c(N)n(CC(C)C)c(=O)[nH]c1=O. The summed E-state index contributed by atoms with van der Waals surface area (Å²) in [6.45, 7) is 9.12. The van der Waals surface area contributed by atoms with Crippen LogP contribution in [0, 0.1) is 5.92 Å². The number of H-pyrrole nitrogens is 1. The number of nitrogens with zero attached hydrogens (tertiary/aromatic N) is 5. The maximum Gasteiger partial charge on any atom is 0.330 e. The molecule has 0 saturated carbocycles. The van der Waals surface area contributed by atoms with Crippen molar-refractivity contribution in [1.29, 1.82) is 0 Å². The first-order chi connectivity index (χ1) is 14.8. The standard InChI is InChI=1S/C21H29N7O3/c1-5-7-10-26(17-18(22)27(12-13(3)4)21(31)23-19(17)29)20(30)14-8-9-16-15(11-14)24-25-28(16)6-2/h8-9,11,13H,5-7,10,12,22H2,1-4H3,(H,23,29,31). The van der Waals surface area contributed by atoms with Gasteiger partial charge in [-0.2, -0.15) is 0 Å². The van der Waals surface area contributed by atoms with E-state index in [1.807, 2.05) is 27.7 Å². The van der Waals surface area contributed by atoms with Gasteiger partial charge >= 0.3 is 5.69 Å². The molecule has 0 spiro atoms. The number of amides is 1. The fraction of sp³-hybridized carbons (Fsp3) is 0.476. The Morgan fingerprint density at radius 3 is 2.65 bits per heavy atom. The second-order valence-electron chi connectivity index (χ2n) is 7.92. The van der Waals surface area contributed by atoms with Crippen LogP contribution in [0.1, 0.15) is 50.9 Å². The zero-order chi connectivity index (χ0) is 22.7. The lowest BCUT2D eigenvalue weighted by molar-refractivity contribution is 0.0986. The summed E-state index contributed by atoms with van der Waals surface area (Å²) in [6.07, 6.45) is 1.49. The average Bonchev–Trinajstić information content (AvgIpc) is 3.15. The predicted octanol–water partition coefficient (Wildman–Crippen LogP) is 1.99. The summed E-state index contributed by atoms with van der Waals surface area (Å²) in [5.41, 5.74) is 6.78. The number of rotatable bonds is 8. The first-order valence-corrected chi connectivity index (χ1v) is 10.6. The van der Waals surface area contributed by atoms with Crippen LogP contribution in [0.4, 0.5) is 11.5 Å². The molecule has 2 aromatic heterocycles. The van der Waals surface area contributed by atoms with E-state index in [-0.39, 0.29) is 23.3 Å². The van der Waals surface area contributed by atoms with E-state index in [4.69, 9.17) is 5.73 Å². The van der Waals surface area contributed by atoms with Gasteiger partial charge in [-0.3, -0.25) is 19.1 Å². The quantitative estimate of drug-likeness (QED) is 0.565. The largest absolute Gasteiger partial charge is 0.383 e. The third-order valence-electron chi connectivity index (χ3n) is 5.07. The van der Waals surface area contributed by atoms with Gasteiger partial charge in [0.15, 0.2) is 5.69 Å². The Hall–Kier alpha value is -3.43. The van der Waals surface area contributed by atoms with Crippen molar-refractivity contribution in [2.24, 2.45) is 5.92 Å². The number of carbonyl (C=O) groups excluding carboxylic acids is 1. The highest BCUT2D eigenvalue weighted by Crippen LogP contribution is 2.22. The van der Waals surface area contributed by atoms with Crippen molar-refractivity contribution in [1.82, 2.24) is 24.5 Å². The highest BCUT2D eigenvalue weighted by atomic mass is 16.2. The lowest BCUT2D eigenvalue weighted by atomic mass is 10.1. The number of hydrogen-bond acceptors (Lipinski definition) is 6. The van der Waals surface area contributed by atoms with Gasteiger partial charge in [-0.15, -0.1) is 5.10 Å². The molecule has 0 saturated heterocycles. The maximum atomic E-state index is 13.5. The van der Waals surface area contributed by atoms with Crippen LogP contribution in [0.5, 0.6) is 0 Å². The van der Waals surface area contributed by atoms with Crippen molar-refractivity contribution in [2.75, 3.05) is 17.2 Å². The summed E-state index contributed by atoms with van der Waals surface area (Å²) < 4.78 is 3.05. The Bertz CT molecular complexity index is 1210. The van der Waals surface area contributed by atoms with Crippen molar-refractivity contribution in [3.63, 3.8) is 0 Å². The molecule has 1 amide bonds. The molecule has 2 heterocycles. The summed E-state index contributed by atoms with van der Waals surface area (Å²) >= 11 is 0. The second kappa shape index (κ2) is 9.15. The Balaban J connectivity index is 2.11. The minimum Gasteiger partial charge on any atom is -0.383 e. The zero-order valence-electron chi connectivity index (χ0n) is 18.4. The van der Waals surface area contributed by atoms with Crippen LogP contribution in [-0.4, -0.2) is 37.0 Å². The van der Waals surface area contributed by atoms with E-state index in [0.717, 1.165) is 11.9 Å². The van der Waals surface area contributed by atoms with Crippen LogP contribution in [0.3, 0.4) is 0 Å². The van der Waals surface area contributed by atoms with E-state index in [0.29, 0.717) is 37.1 Å². The van der Waals surface area contributed by atoms with E-state index in [1.54, 1.807) is 22.9 Å². The summed E-state index contributed by atoms with van der Waals surface area (Å²) in [5.74, 6) is -0.264. The number of nitrogens with two attached hydrogens (primary N) is 1. The van der Waals surface area contributed by atoms with Crippen LogP contribution in [0.15, 0.2) is 27.8 Å². The van der Waals surface area contributed by atoms with E-state index in [9.17, 15) is 14.4 Å². The van der Waals surface area contributed by atoms with E-state index < -0.39 is 11.2 Å². The monoisotopic (exact) mass is 427 g/mol. The Morgan fingerprint density at radius 1 is 1.26 bits per heavy atom. The number of fused-ring (bicyclic) bond motifs is 1. The number of carbonyl (C=O) groups is 1. The van der Waals surface area contributed by atoms with Crippen LogP contribution < -0.4 is 21.9 Å². The molecule has 1 aromatic carbocycles. The molecule has 0 unspecified atom stereocenters. The smallest absolute Gasteiger partial charge is 0.330 e. The molecule has 0 radical (unpaired) electrons. The molecule has 0 aliphatic heterocycles. The summed E-state index contributed by atoms with van der Waals surface area (Å²) in [6, 6.07) is 5.13. The highest BCUT2D eigenvalue weighted by Gasteiger charge is 2.25. The normalized spacial score (nSPS) is 11.4. The first kappa shape index (κ1) is 22.3. The molecule has 166 valence electrons. The lowest BCUT2D eigenvalue weighted by Crippen LogP contribution is -2.42. The molecule has 10 nitrogen and oxygen atoms in total.